The average molecular weight is 428 g/mol. The second-order valence-corrected chi connectivity index (χ2v) is 10.6. The van der Waals surface area contributed by atoms with E-state index in [9.17, 15) is 9.59 Å². The molecule has 1 aromatic rings. The number of nitrogens with one attached hydrogen (secondary N) is 2. The lowest BCUT2D eigenvalue weighted by Gasteiger charge is -2.31. The van der Waals surface area contributed by atoms with Crippen LogP contribution in [0.4, 0.5) is 0 Å². The molecule has 3 aliphatic carbocycles. The van der Waals surface area contributed by atoms with Crippen molar-refractivity contribution in [2.24, 2.45) is 17.3 Å². The highest BCUT2D eigenvalue weighted by Gasteiger charge is 2.44. The van der Waals surface area contributed by atoms with Crippen molar-refractivity contribution in [2.75, 3.05) is 19.6 Å². The summed E-state index contributed by atoms with van der Waals surface area (Å²) in [7, 11) is 0. The Balaban J connectivity index is 1.10. The van der Waals surface area contributed by atoms with Crippen LogP contribution < -0.4 is 10.6 Å². The highest BCUT2D eigenvalue weighted by molar-refractivity contribution is 5.79. The van der Waals surface area contributed by atoms with Crippen molar-refractivity contribution in [3.63, 3.8) is 0 Å². The molecule has 0 spiro atoms. The fraction of sp³-hybridized carbons (Fsp3) is 0.792. The SMILES string of the molecule is O=C(C[C@H]1CC[C@@H](CNC(=O)C2CCC2)N1CC1CC1)NCC1(Cn2cccn2)CC1. The van der Waals surface area contributed by atoms with E-state index >= 15 is 0 Å². The fourth-order valence-corrected chi connectivity index (χ4v) is 5.26. The van der Waals surface area contributed by atoms with Crippen LogP contribution >= 0.6 is 0 Å². The molecule has 2 atom stereocenters. The van der Waals surface area contributed by atoms with Gasteiger partial charge in [0.1, 0.15) is 0 Å². The normalized spacial score (nSPS) is 27.6. The first-order chi connectivity index (χ1) is 15.1. The molecule has 0 unspecified atom stereocenters. The van der Waals surface area contributed by atoms with E-state index in [0.29, 0.717) is 18.5 Å². The number of aromatic nitrogens is 2. The van der Waals surface area contributed by atoms with E-state index in [4.69, 9.17) is 0 Å². The molecular weight excluding hydrogens is 390 g/mol. The Hall–Kier alpha value is -1.89. The molecule has 2 heterocycles. The maximum Gasteiger partial charge on any atom is 0.223 e. The second-order valence-electron chi connectivity index (χ2n) is 10.6. The summed E-state index contributed by atoms with van der Waals surface area (Å²) < 4.78 is 1.98. The van der Waals surface area contributed by atoms with Crippen LogP contribution in [0.25, 0.3) is 0 Å². The number of amides is 2. The molecule has 7 heteroatoms. The van der Waals surface area contributed by atoms with Crippen molar-refractivity contribution in [1.82, 2.24) is 25.3 Å². The molecular formula is C24H37N5O2. The number of rotatable bonds is 11. The number of likely N-dealkylation sites (tertiary alicyclic amines) is 1. The minimum Gasteiger partial charge on any atom is -0.355 e. The summed E-state index contributed by atoms with van der Waals surface area (Å²) in [5, 5.41) is 10.8. The molecule has 170 valence electrons. The van der Waals surface area contributed by atoms with Crippen molar-refractivity contribution >= 4 is 11.8 Å². The molecule has 4 aliphatic rings. The number of hydrogen-bond acceptors (Lipinski definition) is 4. The molecule has 2 amide bonds. The third-order valence-electron chi connectivity index (χ3n) is 8.02. The minimum atomic E-state index is 0.177. The van der Waals surface area contributed by atoms with Gasteiger partial charge in [0.15, 0.2) is 0 Å². The molecule has 0 radical (unpaired) electrons. The Labute approximate surface area is 185 Å². The van der Waals surface area contributed by atoms with Gasteiger partial charge in [0.25, 0.3) is 0 Å². The van der Waals surface area contributed by atoms with Crippen LogP contribution in [0.15, 0.2) is 18.5 Å². The van der Waals surface area contributed by atoms with Crippen LogP contribution in [-0.4, -0.2) is 58.2 Å². The van der Waals surface area contributed by atoms with Crippen molar-refractivity contribution in [3.8, 4) is 0 Å². The summed E-state index contributed by atoms with van der Waals surface area (Å²) >= 11 is 0. The van der Waals surface area contributed by atoms with Gasteiger partial charge in [-0.2, -0.15) is 5.10 Å². The number of nitrogens with zero attached hydrogens (tertiary/aromatic N) is 3. The maximum atomic E-state index is 12.8. The summed E-state index contributed by atoms with van der Waals surface area (Å²) in [6, 6.07) is 2.65. The largest absolute Gasteiger partial charge is 0.355 e. The summed E-state index contributed by atoms with van der Waals surface area (Å²) in [6.07, 6.45) is 14.8. The smallest absolute Gasteiger partial charge is 0.223 e. The lowest BCUT2D eigenvalue weighted by Crippen LogP contribution is -2.47. The predicted molar refractivity (Wildman–Crippen MR) is 118 cm³/mol. The van der Waals surface area contributed by atoms with E-state index in [1.54, 1.807) is 0 Å². The van der Waals surface area contributed by atoms with Gasteiger partial charge in [-0.15, -0.1) is 0 Å². The van der Waals surface area contributed by atoms with Crippen LogP contribution in [0.3, 0.4) is 0 Å². The van der Waals surface area contributed by atoms with Crippen LogP contribution in [-0.2, 0) is 16.1 Å². The van der Waals surface area contributed by atoms with Crippen molar-refractivity contribution in [3.05, 3.63) is 18.5 Å². The van der Waals surface area contributed by atoms with Gasteiger partial charge in [-0.05, 0) is 63.4 Å². The molecule has 2 N–H and O–H groups in total. The number of carbonyl (C=O) groups is 2. The quantitative estimate of drug-likeness (QED) is 0.568. The standard InChI is InChI=1S/C24H37N5O2/c30-22(26-16-24(9-10-24)17-28-12-2-11-27-28)13-20-7-8-21(29(20)15-18-5-6-18)14-25-23(31)19-3-1-4-19/h2,11-12,18-21H,1,3-10,13-17H2,(H,25,31)(H,26,30)/t20-,21+/m1/s1. The first-order valence-corrected chi connectivity index (χ1v) is 12.4. The van der Waals surface area contributed by atoms with E-state index in [0.717, 1.165) is 70.6 Å². The topological polar surface area (TPSA) is 79.3 Å². The molecule has 1 aliphatic heterocycles. The maximum absolute atomic E-state index is 12.8. The summed E-state index contributed by atoms with van der Waals surface area (Å²) in [6.45, 7) is 3.47. The molecule has 31 heavy (non-hydrogen) atoms. The van der Waals surface area contributed by atoms with Crippen LogP contribution in [0, 0.1) is 17.3 Å². The molecule has 3 saturated carbocycles. The molecule has 1 aromatic heterocycles. The van der Waals surface area contributed by atoms with Gasteiger partial charge in [0.2, 0.25) is 11.8 Å². The molecule has 7 nitrogen and oxygen atoms in total. The van der Waals surface area contributed by atoms with Crippen LogP contribution in [0.1, 0.15) is 64.2 Å². The van der Waals surface area contributed by atoms with Gasteiger partial charge < -0.3 is 10.6 Å². The van der Waals surface area contributed by atoms with E-state index in [2.05, 4.69) is 20.6 Å². The van der Waals surface area contributed by atoms with E-state index in [1.165, 1.54) is 19.3 Å². The van der Waals surface area contributed by atoms with E-state index in [-0.39, 0.29) is 23.1 Å². The van der Waals surface area contributed by atoms with Crippen molar-refractivity contribution < 1.29 is 9.59 Å². The van der Waals surface area contributed by atoms with Crippen LogP contribution in [0.5, 0.6) is 0 Å². The molecule has 1 saturated heterocycles. The third-order valence-corrected chi connectivity index (χ3v) is 8.02. The van der Waals surface area contributed by atoms with Crippen molar-refractivity contribution in [2.45, 2.75) is 82.8 Å². The number of hydrogen-bond donors (Lipinski definition) is 2. The Kier molecular flexibility index (Phi) is 6.04. The third kappa shape index (κ3) is 5.30. The predicted octanol–water partition coefficient (Wildman–Crippen LogP) is 2.33. The summed E-state index contributed by atoms with van der Waals surface area (Å²) in [4.78, 5) is 27.6. The van der Waals surface area contributed by atoms with Crippen LogP contribution in [0.2, 0.25) is 0 Å². The summed E-state index contributed by atoms with van der Waals surface area (Å²) in [5.74, 6) is 1.45. The monoisotopic (exact) mass is 427 g/mol. The van der Waals surface area contributed by atoms with Gasteiger partial charge in [-0.1, -0.05) is 6.42 Å². The fourth-order valence-electron chi connectivity index (χ4n) is 5.26. The molecule has 0 aromatic carbocycles. The molecule has 0 bridgehead atoms. The Morgan fingerprint density at radius 1 is 1.03 bits per heavy atom. The second kappa shape index (κ2) is 8.93. The first kappa shape index (κ1) is 21.0. The van der Waals surface area contributed by atoms with Gasteiger partial charge in [0, 0.05) is 68.4 Å². The Bertz CT molecular complexity index is 767. The van der Waals surface area contributed by atoms with Gasteiger partial charge >= 0.3 is 0 Å². The van der Waals surface area contributed by atoms with E-state index < -0.39 is 0 Å². The highest BCUT2D eigenvalue weighted by atomic mass is 16.2. The van der Waals surface area contributed by atoms with Gasteiger partial charge in [0.05, 0.1) is 0 Å². The lowest BCUT2D eigenvalue weighted by molar-refractivity contribution is -0.127. The lowest BCUT2D eigenvalue weighted by atomic mass is 9.85. The first-order valence-electron chi connectivity index (χ1n) is 12.4. The zero-order valence-corrected chi connectivity index (χ0v) is 18.6. The zero-order valence-electron chi connectivity index (χ0n) is 18.6. The molecule has 4 fully saturated rings. The minimum absolute atomic E-state index is 0.177. The van der Waals surface area contributed by atoms with E-state index in [1.807, 2.05) is 23.1 Å². The Morgan fingerprint density at radius 3 is 2.48 bits per heavy atom. The average Bonchev–Trinajstić information content (AvgIpc) is 3.59. The Morgan fingerprint density at radius 2 is 1.84 bits per heavy atom. The van der Waals surface area contributed by atoms with Gasteiger partial charge in [-0.25, -0.2) is 0 Å². The summed E-state index contributed by atoms with van der Waals surface area (Å²) in [5.41, 5.74) is 0.194. The highest BCUT2D eigenvalue weighted by Crippen LogP contribution is 2.46. The van der Waals surface area contributed by atoms with Gasteiger partial charge in [-0.3, -0.25) is 19.2 Å². The number of carbonyl (C=O) groups excluding carboxylic acids is 2. The molecule has 5 rings (SSSR count). The van der Waals surface area contributed by atoms with Crippen molar-refractivity contribution in [1.29, 1.82) is 0 Å². The zero-order chi connectivity index (χ0) is 21.3.